The molecule has 2 N–H and O–H groups in total. The Morgan fingerprint density at radius 1 is 1.17 bits per heavy atom. The second kappa shape index (κ2) is 9.30. The smallest absolute Gasteiger partial charge is 0.225 e. The largest absolute Gasteiger partial charge is 0.352 e. The highest BCUT2D eigenvalue weighted by Crippen LogP contribution is 2.29. The quantitative estimate of drug-likeness (QED) is 0.806. The SMILES string of the molecule is Cl.Cl.NC1CCC(C(=O)N2CCN(c3ncc(Cl)cc3Cl)CC2)C1. The maximum atomic E-state index is 12.5. The van der Waals surface area contributed by atoms with Crippen molar-refractivity contribution in [3.8, 4) is 0 Å². The van der Waals surface area contributed by atoms with Crippen molar-refractivity contribution in [3.05, 3.63) is 22.3 Å². The van der Waals surface area contributed by atoms with Crippen molar-refractivity contribution in [1.82, 2.24) is 9.88 Å². The normalized spacial score (nSPS) is 23.5. The van der Waals surface area contributed by atoms with E-state index >= 15 is 0 Å². The van der Waals surface area contributed by atoms with E-state index in [1.807, 2.05) is 4.90 Å². The Morgan fingerprint density at radius 3 is 2.38 bits per heavy atom. The van der Waals surface area contributed by atoms with Crippen LogP contribution >= 0.6 is 48.0 Å². The van der Waals surface area contributed by atoms with Gasteiger partial charge in [0.2, 0.25) is 5.91 Å². The number of carbonyl (C=O) groups excluding carboxylic acids is 1. The van der Waals surface area contributed by atoms with Gasteiger partial charge in [0.05, 0.1) is 10.0 Å². The summed E-state index contributed by atoms with van der Waals surface area (Å²) in [4.78, 5) is 20.8. The Labute approximate surface area is 164 Å². The molecule has 9 heteroatoms. The minimum absolute atomic E-state index is 0. The van der Waals surface area contributed by atoms with Gasteiger partial charge in [-0.05, 0) is 25.3 Å². The fourth-order valence-electron chi connectivity index (χ4n) is 3.28. The summed E-state index contributed by atoms with van der Waals surface area (Å²) in [6, 6.07) is 1.88. The summed E-state index contributed by atoms with van der Waals surface area (Å²) in [5.74, 6) is 1.10. The van der Waals surface area contributed by atoms with Gasteiger partial charge in [0.25, 0.3) is 0 Å². The van der Waals surface area contributed by atoms with Crippen LogP contribution in [0.15, 0.2) is 12.3 Å². The fraction of sp³-hybridized carbons (Fsp3) is 0.600. The molecule has 0 aromatic carbocycles. The van der Waals surface area contributed by atoms with Crippen molar-refractivity contribution in [2.45, 2.75) is 25.3 Å². The molecule has 1 saturated carbocycles. The first kappa shape index (κ1) is 21.6. The zero-order valence-electron chi connectivity index (χ0n) is 13.2. The highest BCUT2D eigenvalue weighted by molar-refractivity contribution is 6.36. The Morgan fingerprint density at radius 2 is 1.83 bits per heavy atom. The molecule has 1 aromatic rings. The predicted octanol–water partition coefficient (Wildman–Crippen LogP) is 3.01. The molecule has 0 bridgehead atoms. The number of piperazine rings is 1. The molecule has 136 valence electrons. The zero-order chi connectivity index (χ0) is 15.7. The predicted molar refractivity (Wildman–Crippen MR) is 103 cm³/mol. The molecule has 1 aliphatic heterocycles. The molecule has 1 saturated heterocycles. The molecule has 0 spiro atoms. The number of carbonyl (C=O) groups is 1. The molecule has 2 unspecified atom stereocenters. The van der Waals surface area contributed by atoms with Gasteiger partial charge in [-0.2, -0.15) is 0 Å². The zero-order valence-corrected chi connectivity index (χ0v) is 16.3. The Balaban J connectivity index is 0.00000144. The molecule has 2 aliphatic rings. The van der Waals surface area contributed by atoms with Gasteiger partial charge in [-0.3, -0.25) is 4.79 Å². The third-order valence-corrected chi connectivity index (χ3v) is 4.99. The van der Waals surface area contributed by atoms with E-state index in [2.05, 4.69) is 9.88 Å². The molecular formula is C15H22Cl4N4O. The lowest BCUT2D eigenvalue weighted by molar-refractivity contribution is -0.135. The summed E-state index contributed by atoms with van der Waals surface area (Å²) in [6.07, 6.45) is 4.30. The van der Waals surface area contributed by atoms with Crippen molar-refractivity contribution in [2.75, 3.05) is 31.1 Å². The van der Waals surface area contributed by atoms with Gasteiger partial charge >= 0.3 is 0 Å². The van der Waals surface area contributed by atoms with Gasteiger partial charge in [0, 0.05) is 44.3 Å². The number of pyridine rings is 1. The standard InChI is InChI=1S/C15H20Cl2N4O.2ClH/c16-11-8-13(17)14(19-9-11)20-3-5-21(6-4-20)15(22)10-1-2-12(18)7-10;;/h8-10,12H,1-7,18H2;2*1H. The third-order valence-electron chi connectivity index (χ3n) is 4.50. The van der Waals surface area contributed by atoms with E-state index in [1.54, 1.807) is 12.3 Å². The third kappa shape index (κ3) is 4.79. The summed E-state index contributed by atoms with van der Waals surface area (Å²) in [5.41, 5.74) is 5.91. The summed E-state index contributed by atoms with van der Waals surface area (Å²) < 4.78 is 0. The van der Waals surface area contributed by atoms with Gasteiger partial charge in [-0.25, -0.2) is 4.98 Å². The van der Waals surface area contributed by atoms with Crippen LogP contribution < -0.4 is 10.6 Å². The number of hydrogen-bond acceptors (Lipinski definition) is 4. The minimum Gasteiger partial charge on any atom is -0.352 e. The number of nitrogens with zero attached hydrogens (tertiary/aromatic N) is 3. The van der Waals surface area contributed by atoms with Crippen LogP contribution in [-0.4, -0.2) is 48.0 Å². The summed E-state index contributed by atoms with van der Waals surface area (Å²) in [6.45, 7) is 2.87. The van der Waals surface area contributed by atoms with Crippen LogP contribution in [0.25, 0.3) is 0 Å². The maximum Gasteiger partial charge on any atom is 0.225 e. The lowest BCUT2D eigenvalue weighted by Gasteiger charge is -2.36. The molecular weight excluding hydrogens is 394 g/mol. The monoisotopic (exact) mass is 414 g/mol. The van der Waals surface area contributed by atoms with Crippen LogP contribution in [0, 0.1) is 5.92 Å². The lowest BCUT2D eigenvalue weighted by Crippen LogP contribution is -2.50. The van der Waals surface area contributed by atoms with Gasteiger partial charge in [0.1, 0.15) is 5.82 Å². The summed E-state index contributed by atoms with van der Waals surface area (Å²) >= 11 is 12.1. The number of nitrogens with two attached hydrogens (primary N) is 1. The number of rotatable bonds is 2. The lowest BCUT2D eigenvalue weighted by atomic mass is 10.1. The number of hydrogen-bond donors (Lipinski definition) is 1. The summed E-state index contributed by atoms with van der Waals surface area (Å²) in [5, 5.41) is 1.08. The van der Waals surface area contributed by atoms with Crippen LogP contribution in [0.4, 0.5) is 5.82 Å². The fourth-order valence-corrected chi connectivity index (χ4v) is 3.78. The number of aromatic nitrogens is 1. The molecule has 24 heavy (non-hydrogen) atoms. The first-order chi connectivity index (χ1) is 10.5. The summed E-state index contributed by atoms with van der Waals surface area (Å²) in [7, 11) is 0. The van der Waals surface area contributed by atoms with Crippen LogP contribution in [-0.2, 0) is 4.79 Å². The van der Waals surface area contributed by atoms with E-state index in [9.17, 15) is 4.79 Å². The van der Waals surface area contributed by atoms with Crippen molar-refractivity contribution in [2.24, 2.45) is 11.7 Å². The average Bonchev–Trinajstić information content (AvgIpc) is 2.93. The topological polar surface area (TPSA) is 62.5 Å². The molecule has 1 aromatic heterocycles. The molecule has 1 amide bonds. The van der Waals surface area contributed by atoms with E-state index in [1.165, 1.54) is 0 Å². The van der Waals surface area contributed by atoms with Crippen molar-refractivity contribution < 1.29 is 4.79 Å². The van der Waals surface area contributed by atoms with Gasteiger partial charge in [0.15, 0.2) is 0 Å². The van der Waals surface area contributed by atoms with Gasteiger partial charge < -0.3 is 15.5 Å². The second-order valence-corrected chi connectivity index (χ2v) is 6.88. The van der Waals surface area contributed by atoms with Crippen molar-refractivity contribution >= 4 is 59.7 Å². The molecule has 3 rings (SSSR count). The molecule has 2 heterocycles. The Hall–Kier alpha value is -0.460. The van der Waals surface area contributed by atoms with E-state index < -0.39 is 0 Å². The number of amides is 1. The Bertz CT molecular complexity index is 566. The van der Waals surface area contributed by atoms with Crippen LogP contribution in [0.1, 0.15) is 19.3 Å². The highest BCUT2D eigenvalue weighted by Gasteiger charge is 2.32. The molecule has 2 atom stereocenters. The van der Waals surface area contributed by atoms with E-state index in [-0.39, 0.29) is 42.7 Å². The second-order valence-electron chi connectivity index (χ2n) is 6.04. The van der Waals surface area contributed by atoms with Crippen molar-refractivity contribution in [3.63, 3.8) is 0 Å². The van der Waals surface area contributed by atoms with Crippen LogP contribution in [0.2, 0.25) is 10.0 Å². The average molecular weight is 416 g/mol. The molecule has 1 aliphatic carbocycles. The first-order valence-corrected chi connectivity index (χ1v) is 8.40. The van der Waals surface area contributed by atoms with Crippen LogP contribution in [0.5, 0.6) is 0 Å². The highest BCUT2D eigenvalue weighted by atomic mass is 35.5. The van der Waals surface area contributed by atoms with Crippen molar-refractivity contribution in [1.29, 1.82) is 0 Å². The van der Waals surface area contributed by atoms with Gasteiger partial charge in [-0.15, -0.1) is 24.8 Å². The Kier molecular flexibility index (Phi) is 8.36. The molecule has 0 radical (unpaired) electrons. The maximum absolute atomic E-state index is 12.5. The molecule has 5 nitrogen and oxygen atoms in total. The minimum atomic E-state index is 0. The van der Waals surface area contributed by atoms with E-state index in [4.69, 9.17) is 28.9 Å². The molecule has 2 fully saturated rings. The number of anilines is 1. The van der Waals surface area contributed by atoms with E-state index in [0.29, 0.717) is 23.1 Å². The van der Waals surface area contributed by atoms with Gasteiger partial charge in [-0.1, -0.05) is 23.2 Å². The number of halogens is 4. The van der Waals surface area contributed by atoms with E-state index in [0.717, 1.165) is 38.2 Å². The van der Waals surface area contributed by atoms with Crippen LogP contribution in [0.3, 0.4) is 0 Å². The first-order valence-electron chi connectivity index (χ1n) is 7.65.